The summed E-state index contributed by atoms with van der Waals surface area (Å²) in [7, 11) is 0. The van der Waals surface area contributed by atoms with Gasteiger partial charge in [0.25, 0.3) is 5.91 Å². The number of aliphatic hydroxyl groups is 1. The molecule has 0 aliphatic carbocycles. The van der Waals surface area contributed by atoms with Crippen molar-refractivity contribution in [3.8, 4) is 0 Å². The molecule has 0 aliphatic heterocycles. The molecule has 3 amide bonds. The predicted octanol–water partition coefficient (Wildman–Crippen LogP) is 2.02. The van der Waals surface area contributed by atoms with Crippen LogP contribution in [0.25, 0.3) is 6.08 Å². The van der Waals surface area contributed by atoms with E-state index in [1.807, 2.05) is 58.0 Å². The van der Waals surface area contributed by atoms with Gasteiger partial charge in [0, 0.05) is 6.54 Å². The van der Waals surface area contributed by atoms with E-state index in [4.69, 9.17) is 5.21 Å². The van der Waals surface area contributed by atoms with Crippen LogP contribution in [0.4, 0.5) is 0 Å². The Bertz CT molecular complexity index is 743. The number of amides is 3. The quantitative estimate of drug-likeness (QED) is 0.207. The second-order valence-corrected chi connectivity index (χ2v) is 8.53. The molecule has 0 radical (unpaired) electrons. The number of carbonyl (C=O) groups is 3. The number of aliphatic hydroxyl groups excluding tert-OH is 1. The third-order valence-electron chi connectivity index (χ3n) is 4.84. The van der Waals surface area contributed by atoms with Gasteiger partial charge in [0.15, 0.2) is 0 Å². The Morgan fingerprint density at radius 1 is 1.06 bits per heavy atom. The molecule has 0 aliphatic rings. The fourth-order valence-corrected chi connectivity index (χ4v) is 2.96. The first-order valence-electron chi connectivity index (χ1n) is 10.5. The van der Waals surface area contributed by atoms with Crippen LogP contribution in [-0.2, 0) is 14.4 Å². The highest BCUT2D eigenvalue weighted by Crippen LogP contribution is 2.21. The third-order valence-corrected chi connectivity index (χ3v) is 4.84. The average molecular weight is 434 g/mol. The van der Waals surface area contributed by atoms with E-state index >= 15 is 0 Å². The lowest BCUT2D eigenvalue weighted by Crippen LogP contribution is -2.56. The largest absolute Gasteiger partial charge is 0.382 e. The molecule has 0 fully saturated rings. The van der Waals surface area contributed by atoms with Gasteiger partial charge in [0.2, 0.25) is 11.8 Å². The molecule has 8 heteroatoms. The summed E-state index contributed by atoms with van der Waals surface area (Å²) in [6, 6.07) is 8.49. The van der Waals surface area contributed by atoms with Gasteiger partial charge in [-0.2, -0.15) is 0 Å². The number of hydroxylamine groups is 1. The molecule has 5 N–H and O–H groups in total. The Kier molecular flexibility index (Phi) is 10.9. The van der Waals surface area contributed by atoms with E-state index in [0.717, 1.165) is 18.4 Å². The monoisotopic (exact) mass is 433 g/mol. The minimum absolute atomic E-state index is 0.0314. The molecule has 0 heterocycles. The van der Waals surface area contributed by atoms with Crippen LogP contribution in [-0.4, -0.2) is 46.7 Å². The molecule has 0 saturated carbocycles. The van der Waals surface area contributed by atoms with Crippen LogP contribution in [0.3, 0.4) is 0 Å². The summed E-state index contributed by atoms with van der Waals surface area (Å²) in [5, 5.41) is 24.7. The van der Waals surface area contributed by atoms with Gasteiger partial charge in [0.05, 0.1) is 5.92 Å². The number of carbonyl (C=O) groups excluding carboxylic acids is 3. The lowest BCUT2D eigenvalue weighted by Gasteiger charge is -2.32. The van der Waals surface area contributed by atoms with Gasteiger partial charge in [-0.05, 0) is 23.8 Å². The zero-order valence-corrected chi connectivity index (χ0v) is 18.7. The summed E-state index contributed by atoms with van der Waals surface area (Å²) in [5.74, 6) is -3.26. The van der Waals surface area contributed by atoms with Crippen molar-refractivity contribution >= 4 is 23.8 Å². The number of benzene rings is 1. The zero-order chi connectivity index (χ0) is 23.4. The highest BCUT2D eigenvalue weighted by molar-refractivity contribution is 5.92. The van der Waals surface area contributed by atoms with Crippen molar-refractivity contribution in [2.75, 3.05) is 6.54 Å². The molecule has 172 valence electrons. The van der Waals surface area contributed by atoms with Gasteiger partial charge >= 0.3 is 0 Å². The normalized spacial score (nSPS) is 14.5. The third kappa shape index (κ3) is 8.90. The van der Waals surface area contributed by atoms with Gasteiger partial charge < -0.3 is 15.7 Å². The molecule has 0 aromatic heterocycles. The average Bonchev–Trinajstić information content (AvgIpc) is 2.73. The van der Waals surface area contributed by atoms with Crippen LogP contribution in [0.1, 0.15) is 52.5 Å². The molecule has 0 bridgehead atoms. The van der Waals surface area contributed by atoms with Crippen LogP contribution in [0.2, 0.25) is 0 Å². The van der Waals surface area contributed by atoms with Crippen molar-refractivity contribution in [3.63, 3.8) is 0 Å². The molecule has 0 saturated heterocycles. The maximum atomic E-state index is 13.0. The number of nitrogens with one attached hydrogen (secondary N) is 3. The minimum atomic E-state index is -1.78. The number of rotatable bonds is 11. The molecule has 1 unspecified atom stereocenters. The van der Waals surface area contributed by atoms with Crippen LogP contribution in [0, 0.1) is 11.3 Å². The van der Waals surface area contributed by atoms with Gasteiger partial charge in [-0.1, -0.05) is 76.6 Å². The molecule has 31 heavy (non-hydrogen) atoms. The molecule has 8 nitrogen and oxygen atoms in total. The van der Waals surface area contributed by atoms with E-state index in [-0.39, 0.29) is 12.3 Å². The predicted molar refractivity (Wildman–Crippen MR) is 119 cm³/mol. The molecule has 3 atom stereocenters. The second kappa shape index (κ2) is 12.9. The Balaban J connectivity index is 3.00. The van der Waals surface area contributed by atoms with Crippen molar-refractivity contribution in [3.05, 3.63) is 42.0 Å². The van der Waals surface area contributed by atoms with Crippen LogP contribution < -0.4 is 16.1 Å². The first-order chi connectivity index (χ1) is 14.6. The van der Waals surface area contributed by atoms with E-state index in [1.54, 1.807) is 12.2 Å². The Morgan fingerprint density at radius 3 is 2.26 bits per heavy atom. The summed E-state index contributed by atoms with van der Waals surface area (Å²) >= 11 is 0. The van der Waals surface area contributed by atoms with Crippen LogP contribution in [0.15, 0.2) is 36.4 Å². The molecule has 1 aromatic rings. The Labute approximate surface area is 184 Å². The van der Waals surface area contributed by atoms with Gasteiger partial charge in [0.1, 0.15) is 12.1 Å². The fourth-order valence-electron chi connectivity index (χ4n) is 2.96. The van der Waals surface area contributed by atoms with Gasteiger partial charge in [-0.15, -0.1) is 0 Å². The maximum absolute atomic E-state index is 13.0. The van der Waals surface area contributed by atoms with E-state index in [9.17, 15) is 19.5 Å². The Hall–Kier alpha value is -2.71. The molecular formula is C23H35N3O5. The number of unbranched alkanes of at least 4 members (excludes halogenated alkanes) is 1. The van der Waals surface area contributed by atoms with E-state index in [1.165, 1.54) is 5.48 Å². The highest BCUT2D eigenvalue weighted by atomic mass is 16.5. The summed E-state index contributed by atoms with van der Waals surface area (Å²) in [6.45, 7) is 7.96. The topological polar surface area (TPSA) is 128 Å². The standard InChI is InChI=1S/C23H35N3O5/c1-5-6-15-24-22(30)19(23(2,3)4)25-20(28)17(18(27)21(29)26-31)14-10-13-16-11-8-7-9-12-16/h7-13,17-19,27,31H,5-6,14-15H2,1-4H3,(H,24,30)(H,25,28)(H,26,29)/b13-10+/t17-,18+,19?/m1/s1. The first kappa shape index (κ1) is 26.3. The van der Waals surface area contributed by atoms with Crippen molar-refractivity contribution < 1.29 is 24.7 Å². The summed E-state index contributed by atoms with van der Waals surface area (Å²) < 4.78 is 0. The van der Waals surface area contributed by atoms with Gasteiger partial charge in [-0.3, -0.25) is 19.6 Å². The summed E-state index contributed by atoms with van der Waals surface area (Å²) in [4.78, 5) is 37.4. The van der Waals surface area contributed by atoms with Crippen molar-refractivity contribution in [2.45, 2.75) is 59.1 Å². The SMILES string of the molecule is CCCCNC(=O)C(NC(=O)[C@H](C/C=C/c1ccccc1)[C@H](O)C(=O)NO)C(C)(C)C. The smallest absolute Gasteiger partial charge is 0.272 e. The lowest BCUT2D eigenvalue weighted by molar-refractivity contribution is -0.147. The number of allylic oxidation sites excluding steroid dienone is 1. The number of hydrogen-bond acceptors (Lipinski definition) is 5. The summed E-state index contributed by atoms with van der Waals surface area (Å²) in [6.07, 6.45) is 3.42. The highest BCUT2D eigenvalue weighted by Gasteiger charge is 2.37. The van der Waals surface area contributed by atoms with E-state index < -0.39 is 35.3 Å². The first-order valence-corrected chi connectivity index (χ1v) is 10.5. The molecule has 1 aromatic carbocycles. The maximum Gasteiger partial charge on any atom is 0.272 e. The van der Waals surface area contributed by atoms with E-state index in [0.29, 0.717) is 6.54 Å². The van der Waals surface area contributed by atoms with Crippen LogP contribution >= 0.6 is 0 Å². The molecule has 0 spiro atoms. The van der Waals surface area contributed by atoms with Gasteiger partial charge in [-0.25, -0.2) is 5.48 Å². The Morgan fingerprint density at radius 2 is 1.71 bits per heavy atom. The zero-order valence-electron chi connectivity index (χ0n) is 18.7. The van der Waals surface area contributed by atoms with Crippen molar-refractivity contribution in [2.24, 2.45) is 11.3 Å². The van der Waals surface area contributed by atoms with Crippen molar-refractivity contribution in [1.82, 2.24) is 16.1 Å². The molecule has 1 rings (SSSR count). The minimum Gasteiger partial charge on any atom is -0.382 e. The van der Waals surface area contributed by atoms with E-state index in [2.05, 4.69) is 10.6 Å². The van der Waals surface area contributed by atoms with Crippen LogP contribution in [0.5, 0.6) is 0 Å². The second-order valence-electron chi connectivity index (χ2n) is 8.53. The summed E-state index contributed by atoms with van der Waals surface area (Å²) in [5.41, 5.74) is 1.67. The molecular weight excluding hydrogens is 398 g/mol. The number of hydrogen-bond donors (Lipinski definition) is 5. The van der Waals surface area contributed by atoms with Crippen molar-refractivity contribution in [1.29, 1.82) is 0 Å². The fraction of sp³-hybridized carbons (Fsp3) is 0.522. The lowest BCUT2D eigenvalue weighted by atomic mass is 9.85.